The fraction of sp³-hybridized carbons (Fsp3) is 0.0833. The molecular weight excluding hydrogens is 224 g/mol. The van der Waals surface area contributed by atoms with Gasteiger partial charge in [-0.25, -0.2) is 4.98 Å². The number of aromatic hydroxyl groups is 1. The van der Waals surface area contributed by atoms with Gasteiger partial charge < -0.3 is 9.67 Å². The summed E-state index contributed by atoms with van der Waals surface area (Å²) in [6.07, 6.45) is 1.74. The summed E-state index contributed by atoms with van der Waals surface area (Å²) in [7, 11) is 1.97. The van der Waals surface area contributed by atoms with Gasteiger partial charge in [-0.3, -0.25) is 0 Å². The number of phenols is 1. The van der Waals surface area contributed by atoms with E-state index in [1.807, 2.05) is 23.7 Å². The Bertz CT molecular complexity index is 644. The second kappa shape index (κ2) is 3.12. The van der Waals surface area contributed by atoms with Crippen LogP contribution >= 0.6 is 11.6 Å². The molecule has 1 N–H and O–H groups in total. The summed E-state index contributed by atoms with van der Waals surface area (Å²) >= 11 is 5.89. The molecule has 3 aromatic rings. The number of aryl methyl sites for hydroxylation is 1. The van der Waals surface area contributed by atoms with Crippen LogP contribution in [-0.4, -0.2) is 14.7 Å². The highest BCUT2D eigenvalue weighted by molar-refractivity contribution is 6.30. The van der Waals surface area contributed by atoms with Gasteiger partial charge in [0, 0.05) is 23.3 Å². The molecule has 80 valence electrons. The molecule has 2 aromatic heterocycles. The monoisotopic (exact) mass is 232 g/mol. The lowest BCUT2D eigenvalue weighted by Crippen LogP contribution is -1.86. The molecule has 0 amide bonds. The first kappa shape index (κ1) is 9.48. The number of nitrogens with zero attached hydrogens (tertiary/aromatic N) is 2. The van der Waals surface area contributed by atoms with Crippen LogP contribution < -0.4 is 0 Å². The molecule has 0 unspecified atom stereocenters. The molecule has 0 fully saturated rings. The van der Waals surface area contributed by atoms with Crippen LogP contribution in [0.3, 0.4) is 0 Å². The number of benzene rings is 1. The lowest BCUT2D eigenvalue weighted by Gasteiger charge is -1.96. The van der Waals surface area contributed by atoms with Gasteiger partial charge in [-0.2, -0.15) is 0 Å². The first-order chi connectivity index (χ1) is 7.66. The summed E-state index contributed by atoms with van der Waals surface area (Å²) in [5, 5.41) is 12.0. The second-order valence-electron chi connectivity index (χ2n) is 3.78. The zero-order valence-electron chi connectivity index (χ0n) is 8.61. The van der Waals surface area contributed by atoms with E-state index in [0.717, 1.165) is 21.8 Å². The Balaban J connectivity index is 2.60. The predicted molar refractivity (Wildman–Crippen MR) is 64.9 cm³/mol. The minimum Gasteiger partial charge on any atom is -0.508 e. The molecule has 0 atom stereocenters. The Morgan fingerprint density at radius 1 is 1.19 bits per heavy atom. The van der Waals surface area contributed by atoms with Crippen molar-refractivity contribution in [3.05, 3.63) is 35.6 Å². The van der Waals surface area contributed by atoms with Gasteiger partial charge >= 0.3 is 0 Å². The van der Waals surface area contributed by atoms with Crippen LogP contribution in [-0.2, 0) is 7.05 Å². The van der Waals surface area contributed by atoms with Crippen LogP contribution in [0.25, 0.3) is 21.8 Å². The Labute approximate surface area is 96.9 Å². The van der Waals surface area contributed by atoms with Crippen LogP contribution in [0.5, 0.6) is 5.75 Å². The quantitative estimate of drug-likeness (QED) is 0.605. The maximum absolute atomic E-state index is 9.51. The van der Waals surface area contributed by atoms with Crippen LogP contribution in [0.1, 0.15) is 0 Å². The lowest BCUT2D eigenvalue weighted by atomic mass is 10.2. The van der Waals surface area contributed by atoms with Crippen molar-refractivity contribution >= 4 is 33.4 Å². The molecule has 4 heteroatoms. The van der Waals surface area contributed by atoms with E-state index < -0.39 is 0 Å². The molecule has 16 heavy (non-hydrogen) atoms. The third-order valence-electron chi connectivity index (χ3n) is 2.84. The summed E-state index contributed by atoms with van der Waals surface area (Å²) in [6, 6.07) is 7.13. The number of phenolic OH excluding ortho intramolecular Hbond substituents is 1. The molecule has 3 nitrogen and oxygen atoms in total. The van der Waals surface area contributed by atoms with Crippen molar-refractivity contribution in [1.29, 1.82) is 0 Å². The maximum atomic E-state index is 9.51. The van der Waals surface area contributed by atoms with Crippen LogP contribution in [0.15, 0.2) is 30.5 Å². The average molecular weight is 233 g/mol. The van der Waals surface area contributed by atoms with Crippen LogP contribution in [0.2, 0.25) is 5.15 Å². The Kier molecular flexibility index (Phi) is 1.85. The number of halogens is 1. The highest BCUT2D eigenvalue weighted by Crippen LogP contribution is 2.31. The first-order valence-electron chi connectivity index (χ1n) is 4.89. The smallest absolute Gasteiger partial charge is 0.129 e. The van der Waals surface area contributed by atoms with Gasteiger partial charge in [0.05, 0.1) is 11.7 Å². The molecule has 0 radical (unpaired) electrons. The summed E-state index contributed by atoms with van der Waals surface area (Å²) in [5.74, 6) is 0.257. The zero-order chi connectivity index (χ0) is 11.3. The SMILES string of the molecule is Cn1c2ccc(O)cc2c2cc(Cl)ncc21. The largest absolute Gasteiger partial charge is 0.508 e. The van der Waals surface area contributed by atoms with E-state index in [-0.39, 0.29) is 5.75 Å². The van der Waals surface area contributed by atoms with Crippen molar-refractivity contribution in [2.24, 2.45) is 7.05 Å². The molecule has 0 saturated heterocycles. The molecule has 0 aliphatic heterocycles. The van der Waals surface area contributed by atoms with Crippen molar-refractivity contribution < 1.29 is 5.11 Å². The normalized spacial score (nSPS) is 11.4. The Hall–Kier alpha value is -1.74. The van der Waals surface area contributed by atoms with E-state index in [1.165, 1.54) is 0 Å². The lowest BCUT2D eigenvalue weighted by molar-refractivity contribution is 0.476. The number of hydrogen-bond acceptors (Lipinski definition) is 2. The topological polar surface area (TPSA) is 38.0 Å². The molecule has 0 spiro atoms. The zero-order valence-corrected chi connectivity index (χ0v) is 9.36. The predicted octanol–water partition coefficient (Wildman–Crippen LogP) is 3.09. The van der Waals surface area contributed by atoms with Crippen LogP contribution in [0, 0.1) is 0 Å². The molecule has 0 aliphatic rings. The first-order valence-corrected chi connectivity index (χ1v) is 5.27. The van der Waals surface area contributed by atoms with Gasteiger partial charge in [-0.1, -0.05) is 11.6 Å². The van der Waals surface area contributed by atoms with E-state index in [1.54, 1.807) is 18.3 Å². The Morgan fingerprint density at radius 2 is 1.94 bits per heavy atom. The fourth-order valence-electron chi connectivity index (χ4n) is 2.07. The van der Waals surface area contributed by atoms with Crippen molar-refractivity contribution in [1.82, 2.24) is 9.55 Å². The maximum Gasteiger partial charge on any atom is 0.129 e. The fourth-order valence-corrected chi connectivity index (χ4v) is 2.23. The highest BCUT2D eigenvalue weighted by atomic mass is 35.5. The molecule has 1 aromatic carbocycles. The van der Waals surface area contributed by atoms with E-state index >= 15 is 0 Å². The van der Waals surface area contributed by atoms with Crippen LogP contribution in [0.4, 0.5) is 0 Å². The van der Waals surface area contributed by atoms with Gasteiger partial charge in [0.25, 0.3) is 0 Å². The molecule has 2 heterocycles. The minimum atomic E-state index is 0.257. The van der Waals surface area contributed by atoms with E-state index in [4.69, 9.17) is 11.6 Å². The highest BCUT2D eigenvalue weighted by Gasteiger charge is 2.09. The number of rotatable bonds is 0. The second-order valence-corrected chi connectivity index (χ2v) is 4.17. The van der Waals surface area contributed by atoms with E-state index in [9.17, 15) is 5.11 Å². The summed E-state index contributed by atoms with van der Waals surface area (Å²) in [5.41, 5.74) is 2.06. The summed E-state index contributed by atoms with van der Waals surface area (Å²) < 4.78 is 2.04. The number of fused-ring (bicyclic) bond motifs is 3. The Morgan fingerprint density at radius 3 is 2.75 bits per heavy atom. The van der Waals surface area contributed by atoms with Gasteiger partial charge in [0.1, 0.15) is 10.9 Å². The molecular formula is C12H9ClN2O. The van der Waals surface area contributed by atoms with Crippen molar-refractivity contribution in [2.75, 3.05) is 0 Å². The van der Waals surface area contributed by atoms with Crippen molar-refractivity contribution in [3.8, 4) is 5.75 Å². The molecule has 0 saturated carbocycles. The van der Waals surface area contributed by atoms with Gasteiger partial charge in [-0.15, -0.1) is 0 Å². The van der Waals surface area contributed by atoms with Gasteiger partial charge in [0.2, 0.25) is 0 Å². The van der Waals surface area contributed by atoms with Crippen molar-refractivity contribution in [3.63, 3.8) is 0 Å². The van der Waals surface area contributed by atoms with E-state index in [0.29, 0.717) is 5.15 Å². The molecule has 3 rings (SSSR count). The molecule has 0 bridgehead atoms. The summed E-state index contributed by atoms with van der Waals surface area (Å²) in [6.45, 7) is 0. The third kappa shape index (κ3) is 1.18. The minimum absolute atomic E-state index is 0.257. The number of aromatic nitrogens is 2. The average Bonchev–Trinajstić information content (AvgIpc) is 2.52. The third-order valence-corrected chi connectivity index (χ3v) is 3.05. The molecule has 0 aliphatic carbocycles. The standard InChI is InChI=1S/C12H9ClN2O/c1-15-10-3-2-7(16)4-8(10)9-5-12(13)14-6-11(9)15/h2-6,16H,1H3. The van der Waals surface area contributed by atoms with Gasteiger partial charge in [0.15, 0.2) is 0 Å². The summed E-state index contributed by atoms with van der Waals surface area (Å²) in [4.78, 5) is 4.07. The number of hydrogen-bond donors (Lipinski definition) is 1. The van der Waals surface area contributed by atoms with E-state index in [2.05, 4.69) is 4.98 Å². The van der Waals surface area contributed by atoms with Gasteiger partial charge in [-0.05, 0) is 24.3 Å². The number of pyridine rings is 1. The van der Waals surface area contributed by atoms with Crippen molar-refractivity contribution in [2.45, 2.75) is 0 Å².